The molecule has 0 bridgehead atoms. The van der Waals surface area contributed by atoms with Gasteiger partial charge >= 0.3 is 11.7 Å². The number of benzene rings is 1. The van der Waals surface area contributed by atoms with Gasteiger partial charge in [-0.3, -0.25) is 10.1 Å². The molecule has 0 atom stereocenters. The van der Waals surface area contributed by atoms with Crippen molar-refractivity contribution in [3.63, 3.8) is 0 Å². The quantitative estimate of drug-likeness (QED) is 0.186. The van der Waals surface area contributed by atoms with Gasteiger partial charge in [-0.1, -0.05) is 90.0 Å². The normalized spacial score (nSPS) is 10.9. The first kappa shape index (κ1) is 23.9. The van der Waals surface area contributed by atoms with Gasteiger partial charge in [0.1, 0.15) is 5.56 Å². The average molecular weight is 394 g/mol. The Hall–Kier alpha value is -2.11. The Kier molecular flexibility index (Phi) is 11.9. The standard InChI is InChI=1S/C22H35NO5/c1-2-3-4-5-6-7-8-9-10-11-12-13-14-15-18-16-17-19(22(25)26)21(24)20(18)23(27)28/h16-17,24H,2-15H2,1H3,(H,25,26). The van der Waals surface area contributed by atoms with E-state index in [1.807, 2.05) is 0 Å². The van der Waals surface area contributed by atoms with Crippen molar-refractivity contribution in [2.24, 2.45) is 0 Å². The van der Waals surface area contributed by atoms with Crippen molar-refractivity contribution in [3.8, 4) is 5.75 Å². The van der Waals surface area contributed by atoms with Crippen LogP contribution in [0.1, 0.15) is 106 Å². The fraction of sp³-hybridized carbons (Fsp3) is 0.682. The molecule has 1 rings (SSSR count). The molecular weight excluding hydrogens is 358 g/mol. The number of aryl methyl sites for hydroxylation is 1. The van der Waals surface area contributed by atoms with E-state index in [2.05, 4.69) is 6.92 Å². The number of aromatic hydroxyl groups is 1. The van der Waals surface area contributed by atoms with Crippen LogP contribution in [-0.4, -0.2) is 21.1 Å². The number of rotatable bonds is 16. The molecule has 0 spiro atoms. The van der Waals surface area contributed by atoms with E-state index < -0.39 is 27.9 Å². The molecule has 6 nitrogen and oxygen atoms in total. The predicted octanol–water partition coefficient (Wildman–Crippen LogP) is 6.63. The Morgan fingerprint density at radius 2 is 1.36 bits per heavy atom. The third-order valence-corrected chi connectivity index (χ3v) is 5.20. The van der Waals surface area contributed by atoms with E-state index in [0.29, 0.717) is 12.0 Å². The van der Waals surface area contributed by atoms with Gasteiger partial charge in [-0.2, -0.15) is 0 Å². The summed E-state index contributed by atoms with van der Waals surface area (Å²) in [5.74, 6) is -2.11. The summed E-state index contributed by atoms with van der Waals surface area (Å²) < 4.78 is 0. The van der Waals surface area contributed by atoms with Crippen molar-refractivity contribution in [2.45, 2.75) is 96.8 Å². The van der Waals surface area contributed by atoms with Crippen molar-refractivity contribution in [1.82, 2.24) is 0 Å². The molecule has 0 saturated heterocycles. The van der Waals surface area contributed by atoms with Gasteiger partial charge in [-0.15, -0.1) is 0 Å². The van der Waals surface area contributed by atoms with E-state index in [9.17, 15) is 20.0 Å². The summed E-state index contributed by atoms with van der Waals surface area (Å²) in [7, 11) is 0. The minimum atomic E-state index is -1.37. The highest BCUT2D eigenvalue weighted by Crippen LogP contribution is 2.34. The molecule has 0 amide bonds. The minimum Gasteiger partial charge on any atom is -0.501 e. The van der Waals surface area contributed by atoms with Crippen molar-refractivity contribution in [3.05, 3.63) is 33.4 Å². The summed E-state index contributed by atoms with van der Waals surface area (Å²) in [5, 5.41) is 30.1. The maximum Gasteiger partial charge on any atom is 0.339 e. The number of carboxylic acid groups (broad SMARTS) is 1. The van der Waals surface area contributed by atoms with Gasteiger partial charge in [0, 0.05) is 5.56 Å². The zero-order chi connectivity index (χ0) is 20.8. The number of phenols is 1. The molecule has 2 N–H and O–H groups in total. The van der Waals surface area contributed by atoms with E-state index in [1.54, 1.807) is 0 Å². The maximum absolute atomic E-state index is 11.2. The number of nitro benzene ring substituents is 1. The Morgan fingerprint density at radius 3 is 1.79 bits per heavy atom. The monoisotopic (exact) mass is 393 g/mol. The molecule has 1 aromatic carbocycles. The maximum atomic E-state index is 11.2. The van der Waals surface area contributed by atoms with Crippen molar-refractivity contribution in [2.75, 3.05) is 0 Å². The van der Waals surface area contributed by atoms with Crippen LogP contribution in [0.5, 0.6) is 5.75 Å². The molecule has 0 saturated carbocycles. The molecule has 28 heavy (non-hydrogen) atoms. The lowest BCUT2D eigenvalue weighted by Gasteiger charge is -2.07. The summed E-state index contributed by atoms with van der Waals surface area (Å²) in [5.41, 5.74) is -0.504. The van der Waals surface area contributed by atoms with Gasteiger partial charge < -0.3 is 10.2 Å². The Balaban J connectivity index is 2.21. The third-order valence-electron chi connectivity index (χ3n) is 5.20. The second-order valence-corrected chi connectivity index (χ2v) is 7.52. The zero-order valence-corrected chi connectivity index (χ0v) is 17.1. The van der Waals surface area contributed by atoms with Crippen LogP contribution in [0.2, 0.25) is 0 Å². The molecule has 0 heterocycles. The predicted molar refractivity (Wildman–Crippen MR) is 111 cm³/mol. The molecule has 0 radical (unpaired) electrons. The highest BCUT2D eigenvalue weighted by Gasteiger charge is 2.25. The molecule has 0 aromatic heterocycles. The first-order valence-corrected chi connectivity index (χ1v) is 10.7. The van der Waals surface area contributed by atoms with E-state index in [1.165, 1.54) is 76.3 Å². The van der Waals surface area contributed by atoms with E-state index in [-0.39, 0.29) is 0 Å². The van der Waals surface area contributed by atoms with Crippen LogP contribution in [0.4, 0.5) is 5.69 Å². The molecule has 0 aliphatic carbocycles. The molecule has 158 valence electrons. The van der Waals surface area contributed by atoms with Crippen LogP contribution < -0.4 is 0 Å². The van der Waals surface area contributed by atoms with Crippen LogP contribution in [0.25, 0.3) is 0 Å². The number of unbranched alkanes of at least 4 members (excludes halogenated alkanes) is 12. The first-order valence-electron chi connectivity index (χ1n) is 10.7. The third kappa shape index (κ3) is 8.72. The second-order valence-electron chi connectivity index (χ2n) is 7.52. The number of aromatic carboxylic acids is 1. The lowest BCUT2D eigenvalue weighted by atomic mass is 10.0. The van der Waals surface area contributed by atoms with Crippen LogP contribution in [0.15, 0.2) is 12.1 Å². The van der Waals surface area contributed by atoms with Gasteiger partial charge in [0.15, 0.2) is 0 Å². The molecule has 0 fully saturated rings. The van der Waals surface area contributed by atoms with Gasteiger partial charge in [0.2, 0.25) is 5.75 Å². The van der Waals surface area contributed by atoms with E-state index >= 15 is 0 Å². The summed E-state index contributed by atoms with van der Waals surface area (Å²) in [4.78, 5) is 21.5. The smallest absolute Gasteiger partial charge is 0.339 e. The lowest BCUT2D eigenvalue weighted by Crippen LogP contribution is -2.03. The molecule has 0 aliphatic heterocycles. The molecular formula is C22H35NO5. The topological polar surface area (TPSA) is 101 Å². The van der Waals surface area contributed by atoms with Gasteiger partial charge in [-0.05, 0) is 18.9 Å². The van der Waals surface area contributed by atoms with Crippen LogP contribution in [-0.2, 0) is 6.42 Å². The van der Waals surface area contributed by atoms with Crippen LogP contribution in [0, 0.1) is 10.1 Å². The fourth-order valence-electron chi connectivity index (χ4n) is 3.53. The van der Waals surface area contributed by atoms with E-state index in [0.717, 1.165) is 19.3 Å². The van der Waals surface area contributed by atoms with Gasteiger partial charge in [-0.25, -0.2) is 4.79 Å². The highest BCUT2D eigenvalue weighted by molar-refractivity contribution is 5.92. The SMILES string of the molecule is CCCCCCCCCCCCCCCc1ccc(C(=O)O)c(O)c1[N+](=O)[O-]. The van der Waals surface area contributed by atoms with Crippen molar-refractivity contribution < 1.29 is 19.9 Å². The van der Waals surface area contributed by atoms with Crippen LogP contribution >= 0.6 is 0 Å². The van der Waals surface area contributed by atoms with Crippen molar-refractivity contribution in [1.29, 1.82) is 0 Å². The van der Waals surface area contributed by atoms with Gasteiger partial charge in [0.25, 0.3) is 0 Å². The largest absolute Gasteiger partial charge is 0.501 e. The number of hydrogen-bond acceptors (Lipinski definition) is 4. The Bertz CT molecular complexity index is 615. The first-order chi connectivity index (χ1) is 13.5. The number of carbonyl (C=O) groups is 1. The molecule has 0 aliphatic rings. The summed E-state index contributed by atoms with van der Waals surface area (Å²) in [6.07, 6.45) is 16.4. The van der Waals surface area contributed by atoms with E-state index in [4.69, 9.17) is 5.11 Å². The Morgan fingerprint density at radius 1 is 0.893 bits per heavy atom. The number of carboxylic acids is 1. The molecule has 1 aromatic rings. The highest BCUT2D eigenvalue weighted by atomic mass is 16.6. The Labute approximate surface area is 168 Å². The van der Waals surface area contributed by atoms with Gasteiger partial charge in [0.05, 0.1) is 4.92 Å². The van der Waals surface area contributed by atoms with Crippen molar-refractivity contribution >= 4 is 11.7 Å². The molecule has 0 unspecified atom stereocenters. The number of nitrogens with zero attached hydrogens (tertiary/aromatic N) is 1. The molecule has 6 heteroatoms. The fourth-order valence-corrected chi connectivity index (χ4v) is 3.53. The number of nitro groups is 1. The zero-order valence-electron chi connectivity index (χ0n) is 17.1. The lowest BCUT2D eigenvalue weighted by molar-refractivity contribution is -0.386. The number of hydrogen-bond donors (Lipinski definition) is 2. The second kappa shape index (κ2) is 14.0. The minimum absolute atomic E-state index is 0.399. The summed E-state index contributed by atoms with van der Waals surface area (Å²) in [6, 6.07) is 2.68. The average Bonchev–Trinajstić information content (AvgIpc) is 2.64. The van der Waals surface area contributed by atoms with Crippen LogP contribution in [0.3, 0.4) is 0 Å². The summed E-state index contributed by atoms with van der Waals surface area (Å²) >= 11 is 0. The summed E-state index contributed by atoms with van der Waals surface area (Å²) in [6.45, 7) is 2.24.